The summed E-state index contributed by atoms with van der Waals surface area (Å²) in [5.74, 6) is 0.861. The molecule has 1 saturated carbocycles. The van der Waals surface area contributed by atoms with Gasteiger partial charge in [-0.25, -0.2) is 0 Å². The Bertz CT molecular complexity index is 198. The lowest BCUT2D eigenvalue weighted by molar-refractivity contribution is 0.628. The van der Waals surface area contributed by atoms with Crippen LogP contribution in [0.4, 0.5) is 0 Å². The second-order valence-electron chi connectivity index (χ2n) is 3.46. The molecule has 0 radical (unpaired) electrons. The zero-order valence-corrected chi connectivity index (χ0v) is 7.97. The van der Waals surface area contributed by atoms with Gasteiger partial charge in [0.15, 0.2) is 0 Å². The lowest BCUT2D eigenvalue weighted by atomic mass is 9.95. The molecule has 0 aromatic carbocycles. The Hall–Kier alpha value is -0.740. The predicted molar refractivity (Wildman–Crippen MR) is 54.0 cm³/mol. The molecule has 1 aliphatic carbocycles. The summed E-state index contributed by atoms with van der Waals surface area (Å²) in [6, 6.07) is 0. The van der Waals surface area contributed by atoms with Crippen LogP contribution in [0.2, 0.25) is 0 Å². The van der Waals surface area contributed by atoms with Crippen LogP contribution in [0.3, 0.4) is 0 Å². The van der Waals surface area contributed by atoms with Gasteiger partial charge in [0.25, 0.3) is 0 Å². The summed E-state index contributed by atoms with van der Waals surface area (Å²) < 4.78 is 0. The van der Waals surface area contributed by atoms with Crippen LogP contribution in [0.1, 0.15) is 39.0 Å². The van der Waals surface area contributed by atoms with Crippen LogP contribution in [-0.4, -0.2) is 0 Å². The number of allylic oxidation sites excluding steroid dienone is 3. The Balaban J connectivity index is 2.49. The van der Waals surface area contributed by atoms with Crippen molar-refractivity contribution in [3.63, 3.8) is 0 Å². The minimum Gasteiger partial charge on any atom is -0.133 e. The molecule has 0 atom stereocenters. The average Bonchev–Trinajstić information content (AvgIpc) is 2.59. The summed E-state index contributed by atoms with van der Waals surface area (Å²) in [6.07, 6.45) is 11.0. The average molecular weight is 162 g/mol. The van der Waals surface area contributed by atoms with Crippen molar-refractivity contribution in [2.45, 2.75) is 39.0 Å². The van der Waals surface area contributed by atoms with Gasteiger partial charge in [-0.1, -0.05) is 31.1 Å². The van der Waals surface area contributed by atoms with Gasteiger partial charge in [-0.05, 0) is 38.2 Å². The van der Waals surface area contributed by atoms with E-state index in [1.165, 1.54) is 25.7 Å². The summed E-state index contributed by atoms with van der Waals surface area (Å²) in [6.45, 7) is 5.73. The van der Waals surface area contributed by atoms with Gasteiger partial charge in [-0.2, -0.15) is 0 Å². The van der Waals surface area contributed by atoms with E-state index in [9.17, 15) is 0 Å². The molecule has 0 spiro atoms. The van der Waals surface area contributed by atoms with Crippen molar-refractivity contribution in [3.8, 4) is 0 Å². The molecule has 0 aliphatic heterocycles. The van der Waals surface area contributed by atoms with E-state index in [0.29, 0.717) is 0 Å². The summed E-state index contributed by atoms with van der Waals surface area (Å²) >= 11 is 0. The lowest BCUT2D eigenvalue weighted by Crippen LogP contribution is -1.96. The lowest BCUT2D eigenvalue weighted by Gasteiger charge is -2.11. The van der Waals surface area contributed by atoms with Gasteiger partial charge in [-0.15, -0.1) is 5.73 Å². The Labute approximate surface area is 75.7 Å². The van der Waals surface area contributed by atoms with E-state index in [1.54, 1.807) is 5.57 Å². The number of rotatable bonds is 3. The van der Waals surface area contributed by atoms with Crippen molar-refractivity contribution in [2.24, 2.45) is 5.92 Å². The van der Waals surface area contributed by atoms with Crippen LogP contribution in [0.5, 0.6) is 0 Å². The number of hydrogen-bond donors (Lipinski definition) is 0. The minimum absolute atomic E-state index is 0.861. The van der Waals surface area contributed by atoms with Gasteiger partial charge in [0, 0.05) is 0 Å². The zero-order chi connectivity index (χ0) is 8.81. The molecule has 12 heavy (non-hydrogen) atoms. The maximum Gasteiger partial charge on any atom is -0.00601 e. The second kappa shape index (κ2) is 5.00. The molecule has 0 heterocycles. The van der Waals surface area contributed by atoms with E-state index < -0.39 is 0 Å². The first kappa shape index (κ1) is 9.35. The first-order valence-electron chi connectivity index (χ1n) is 4.88. The van der Waals surface area contributed by atoms with Gasteiger partial charge < -0.3 is 0 Å². The Morgan fingerprint density at radius 2 is 2.17 bits per heavy atom. The van der Waals surface area contributed by atoms with Crippen molar-refractivity contribution in [1.29, 1.82) is 0 Å². The molecule has 0 bridgehead atoms. The molecule has 1 rings (SSSR count). The molecule has 0 aromatic rings. The van der Waals surface area contributed by atoms with Crippen LogP contribution in [0, 0.1) is 5.92 Å². The fourth-order valence-electron chi connectivity index (χ4n) is 2.01. The Kier molecular flexibility index (Phi) is 3.90. The third-order valence-corrected chi connectivity index (χ3v) is 2.73. The Morgan fingerprint density at radius 1 is 1.50 bits per heavy atom. The SMILES string of the molecule is C=C=CC/C(=C/C)C1CCCC1. The largest absolute Gasteiger partial charge is 0.133 e. The van der Waals surface area contributed by atoms with Crippen LogP contribution < -0.4 is 0 Å². The first-order valence-corrected chi connectivity index (χ1v) is 4.88. The van der Waals surface area contributed by atoms with E-state index in [1.807, 2.05) is 6.08 Å². The van der Waals surface area contributed by atoms with Crippen LogP contribution in [-0.2, 0) is 0 Å². The summed E-state index contributed by atoms with van der Waals surface area (Å²) in [4.78, 5) is 0. The smallest absolute Gasteiger partial charge is 0.00601 e. The molecule has 0 unspecified atom stereocenters. The maximum atomic E-state index is 3.59. The molecule has 0 saturated heterocycles. The van der Waals surface area contributed by atoms with E-state index in [4.69, 9.17) is 0 Å². The highest BCUT2D eigenvalue weighted by Crippen LogP contribution is 2.32. The quantitative estimate of drug-likeness (QED) is 0.436. The van der Waals surface area contributed by atoms with Gasteiger partial charge >= 0.3 is 0 Å². The highest BCUT2D eigenvalue weighted by Gasteiger charge is 2.17. The molecule has 0 N–H and O–H groups in total. The topological polar surface area (TPSA) is 0 Å². The molecule has 0 heteroatoms. The van der Waals surface area contributed by atoms with E-state index in [-0.39, 0.29) is 0 Å². The third-order valence-electron chi connectivity index (χ3n) is 2.73. The Morgan fingerprint density at radius 3 is 2.67 bits per heavy atom. The van der Waals surface area contributed by atoms with Crippen molar-refractivity contribution >= 4 is 0 Å². The zero-order valence-electron chi connectivity index (χ0n) is 7.97. The van der Waals surface area contributed by atoms with Crippen LogP contribution in [0.25, 0.3) is 0 Å². The maximum absolute atomic E-state index is 3.59. The van der Waals surface area contributed by atoms with E-state index in [2.05, 4.69) is 25.3 Å². The van der Waals surface area contributed by atoms with Gasteiger partial charge in [0.2, 0.25) is 0 Å². The first-order chi connectivity index (χ1) is 5.88. The molecular formula is C12H18. The van der Waals surface area contributed by atoms with E-state index >= 15 is 0 Å². The van der Waals surface area contributed by atoms with Crippen molar-refractivity contribution in [1.82, 2.24) is 0 Å². The molecule has 0 nitrogen and oxygen atoms in total. The molecular weight excluding hydrogens is 144 g/mol. The molecule has 66 valence electrons. The normalized spacial score (nSPS) is 19.2. The summed E-state index contributed by atoms with van der Waals surface area (Å²) in [5, 5.41) is 0. The fraction of sp³-hybridized carbons (Fsp3) is 0.583. The predicted octanol–water partition coefficient (Wildman–Crippen LogP) is 3.85. The van der Waals surface area contributed by atoms with Gasteiger partial charge in [-0.3, -0.25) is 0 Å². The van der Waals surface area contributed by atoms with Gasteiger partial charge in [0.05, 0.1) is 0 Å². The second-order valence-corrected chi connectivity index (χ2v) is 3.46. The molecule has 0 aromatic heterocycles. The molecule has 1 fully saturated rings. The number of hydrogen-bond acceptors (Lipinski definition) is 0. The summed E-state index contributed by atoms with van der Waals surface area (Å²) in [7, 11) is 0. The minimum atomic E-state index is 0.861. The van der Waals surface area contributed by atoms with E-state index in [0.717, 1.165) is 12.3 Å². The highest BCUT2D eigenvalue weighted by molar-refractivity contribution is 5.11. The molecule has 0 amide bonds. The summed E-state index contributed by atoms with van der Waals surface area (Å²) in [5.41, 5.74) is 4.43. The van der Waals surface area contributed by atoms with Crippen molar-refractivity contribution in [3.05, 3.63) is 30.0 Å². The third kappa shape index (κ3) is 2.39. The fourth-order valence-corrected chi connectivity index (χ4v) is 2.01. The van der Waals surface area contributed by atoms with Crippen molar-refractivity contribution in [2.75, 3.05) is 0 Å². The highest BCUT2D eigenvalue weighted by atomic mass is 14.2. The van der Waals surface area contributed by atoms with Crippen molar-refractivity contribution < 1.29 is 0 Å². The molecule has 1 aliphatic rings. The van der Waals surface area contributed by atoms with Crippen LogP contribution in [0.15, 0.2) is 30.0 Å². The standard InChI is InChI=1S/C12H18/c1-3-5-8-11(4-2)12-9-6-7-10-12/h4-5,12H,1,6-10H2,2H3/b11-4-. The van der Waals surface area contributed by atoms with Gasteiger partial charge in [0.1, 0.15) is 0 Å². The van der Waals surface area contributed by atoms with Crippen LogP contribution >= 0.6 is 0 Å². The monoisotopic (exact) mass is 162 g/mol.